The maximum absolute atomic E-state index is 14.5. The molecular formula is C50H83NO12Si. The number of ether oxygens (including phenoxy) is 5. The van der Waals surface area contributed by atoms with E-state index >= 15 is 0 Å². The summed E-state index contributed by atoms with van der Waals surface area (Å²) in [5, 5.41) is 12.1. The quantitative estimate of drug-likeness (QED) is 0.0738. The minimum atomic E-state index is -2.48. The molecule has 0 spiro atoms. The predicted molar refractivity (Wildman–Crippen MR) is 248 cm³/mol. The van der Waals surface area contributed by atoms with Gasteiger partial charge in [-0.1, -0.05) is 66.2 Å². The summed E-state index contributed by atoms with van der Waals surface area (Å²) in [6.45, 7) is 22.9. The zero-order valence-corrected chi connectivity index (χ0v) is 42.4. The van der Waals surface area contributed by atoms with Gasteiger partial charge in [-0.25, -0.2) is 4.79 Å². The molecule has 13 unspecified atom stereocenters. The number of cyclic esters (lactones) is 1. The Morgan fingerprint density at radius 1 is 0.953 bits per heavy atom. The molecule has 14 heteroatoms. The summed E-state index contributed by atoms with van der Waals surface area (Å²) in [6, 6.07) is -1.07. The lowest BCUT2D eigenvalue weighted by atomic mass is 9.82. The van der Waals surface area contributed by atoms with Crippen LogP contribution in [0.1, 0.15) is 139 Å². The molecule has 64 heavy (non-hydrogen) atoms. The second kappa shape index (κ2) is 23.4. The number of hydrogen-bond acceptors (Lipinski definition) is 12. The van der Waals surface area contributed by atoms with Gasteiger partial charge in [-0.2, -0.15) is 0 Å². The third kappa shape index (κ3) is 13.3. The van der Waals surface area contributed by atoms with E-state index in [-0.39, 0.29) is 72.7 Å². The first-order chi connectivity index (χ1) is 30.0. The van der Waals surface area contributed by atoms with Crippen molar-refractivity contribution in [2.75, 3.05) is 27.4 Å². The van der Waals surface area contributed by atoms with E-state index in [1.54, 1.807) is 21.1 Å². The first-order valence-corrected chi connectivity index (χ1v) is 27.0. The highest BCUT2D eigenvalue weighted by atomic mass is 28.4. The fourth-order valence-corrected chi connectivity index (χ4v) is 11.5. The number of hydrogen-bond donors (Lipinski definition) is 1. The smallest absolute Gasteiger partial charge is 0.329 e. The lowest BCUT2D eigenvalue weighted by molar-refractivity contribution is -0.302. The molecule has 4 rings (SSSR count). The van der Waals surface area contributed by atoms with Crippen LogP contribution >= 0.6 is 0 Å². The molecule has 364 valence electrons. The van der Waals surface area contributed by atoms with Crippen LogP contribution in [0.15, 0.2) is 23.3 Å². The summed E-state index contributed by atoms with van der Waals surface area (Å²) < 4.78 is 37.5. The summed E-state index contributed by atoms with van der Waals surface area (Å²) >= 11 is 0. The predicted octanol–water partition coefficient (Wildman–Crippen LogP) is 8.10. The number of ketones is 2. The molecule has 0 aromatic rings. The number of aliphatic hydroxyl groups is 1. The van der Waals surface area contributed by atoms with Gasteiger partial charge in [-0.15, -0.1) is 0 Å². The van der Waals surface area contributed by atoms with Crippen molar-refractivity contribution >= 4 is 38.0 Å². The van der Waals surface area contributed by atoms with Crippen LogP contribution in [-0.2, 0) is 52.1 Å². The van der Waals surface area contributed by atoms with Crippen LogP contribution in [0, 0.1) is 29.6 Å². The van der Waals surface area contributed by atoms with Gasteiger partial charge in [0.15, 0.2) is 8.32 Å². The van der Waals surface area contributed by atoms with Crippen molar-refractivity contribution in [1.82, 2.24) is 4.90 Å². The van der Waals surface area contributed by atoms with Gasteiger partial charge >= 0.3 is 5.97 Å². The Morgan fingerprint density at radius 2 is 1.62 bits per heavy atom. The highest BCUT2D eigenvalue weighted by molar-refractivity contribution is 6.74. The van der Waals surface area contributed by atoms with Gasteiger partial charge in [0.05, 0.1) is 24.4 Å². The molecule has 0 aromatic heterocycles. The zero-order valence-electron chi connectivity index (χ0n) is 41.4. The normalized spacial score (nSPS) is 36.4. The molecule has 1 saturated carbocycles. The van der Waals surface area contributed by atoms with Crippen molar-refractivity contribution in [2.24, 2.45) is 29.6 Å². The Morgan fingerprint density at radius 3 is 2.25 bits per heavy atom. The molecule has 3 aliphatic heterocycles. The molecule has 0 radical (unpaired) electrons. The van der Waals surface area contributed by atoms with Crippen LogP contribution in [0.25, 0.3) is 0 Å². The molecule has 1 N–H and O–H groups in total. The first-order valence-electron chi connectivity index (χ1n) is 24.1. The molecule has 2 bridgehead atoms. The number of fused-ring (bicyclic) bond motifs is 3. The van der Waals surface area contributed by atoms with Gasteiger partial charge in [0.2, 0.25) is 5.79 Å². The summed E-state index contributed by atoms with van der Waals surface area (Å²) in [7, 11) is 0.965. The van der Waals surface area contributed by atoms with Crippen molar-refractivity contribution in [2.45, 2.75) is 206 Å². The summed E-state index contributed by atoms with van der Waals surface area (Å²) in [5.74, 6) is -6.36. The number of amides is 1. The van der Waals surface area contributed by atoms with Crippen molar-refractivity contribution in [3.63, 3.8) is 0 Å². The Bertz CT molecular complexity index is 1670. The fraction of sp³-hybridized carbons (Fsp3) is 0.820. The lowest BCUT2D eigenvalue weighted by Gasteiger charge is -2.47. The molecule has 1 amide bonds. The second-order valence-corrected chi connectivity index (χ2v) is 25.9. The summed E-state index contributed by atoms with van der Waals surface area (Å²) in [6.07, 6.45) is 8.30. The first kappa shape index (κ1) is 54.0. The maximum atomic E-state index is 14.5. The van der Waals surface area contributed by atoms with Gasteiger partial charge < -0.3 is 42.9 Å². The van der Waals surface area contributed by atoms with E-state index in [0.717, 1.165) is 30.3 Å². The lowest BCUT2D eigenvalue weighted by Crippen LogP contribution is -2.64. The van der Waals surface area contributed by atoms with Crippen LogP contribution in [-0.4, -0.2) is 124 Å². The number of methoxy groups -OCH3 is 2. The largest absolute Gasteiger partial charge is 0.456 e. The van der Waals surface area contributed by atoms with Crippen LogP contribution in [0.5, 0.6) is 0 Å². The number of allylic oxidation sites excluding steroid dienone is 3. The molecule has 4 aliphatic rings. The number of carbonyl (C=O) groups is 5. The molecule has 13 atom stereocenters. The summed E-state index contributed by atoms with van der Waals surface area (Å²) in [4.78, 5) is 69.9. The molecule has 0 aromatic carbocycles. The molecule has 13 nitrogen and oxygen atoms in total. The molecular weight excluding hydrogens is 835 g/mol. The average Bonchev–Trinajstić information content (AvgIpc) is 3.24. The van der Waals surface area contributed by atoms with Crippen molar-refractivity contribution in [3.05, 3.63) is 23.3 Å². The Hall–Kier alpha value is -2.59. The topological polar surface area (TPSA) is 164 Å². The highest BCUT2D eigenvalue weighted by Gasteiger charge is 2.56. The fourth-order valence-electron chi connectivity index (χ4n) is 10.2. The van der Waals surface area contributed by atoms with E-state index in [0.29, 0.717) is 51.4 Å². The number of esters is 1. The van der Waals surface area contributed by atoms with Crippen LogP contribution in [0.4, 0.5) is 0 Å². The third-order valence-electron chi connectivity index (χ3n) is 15.1. The van der Waals surface area contributed by atoms with E-state index in [4.69, 9.17) is 28.1 Å². The van der Waals surface area contributed by atoms with E-state index in [1.807, 2.05) is 27.7 Å². The molecule has 3 heterocycles. The van der Waals surface area contributed by atoms with Crippen molar-refractivity contribution in [3.8, 4) is 0 Å². The van der Waals surface area contributed by atoms with E-state index in [2.05, 4.69) is 52.9 Å². The van der Waals surface area contributed by atoms with Gasteiger partial charge in [0, 0.05) is 39.0 Å². The zero-order chi connectivity index (χ0) is 47.7. The molecule has 2 saturated heterocycles. The van der Waals surface area contributed by atoms with E-state index in [9.17, 15) is 29.1 Å². The van der Waals surface area contributed by atoms with Crippen LogP contribution in [0.2, 0.25) is 18.1 Å². The molecule has 1 aliphatic carbocycles. The highest BCUT2D eigenvalue weighted by Crippen LogP contribution is 2.42. The standard InChI is InChI=1S/C50H83NO12Si/c1-14-37-26-31(2)25-32(3)27-42(58-10)45-43(59-11)29-35(6)50(57,62-45)46(54)47(55)51-22-16-15-17-38(51)48(56)61-44(33(4)18-20-39(37)53)34(5)28-36-19-21-40(41(30-36)60-24-23-52)63-64(12,13)49(7,8)9/h23,26,28,32-33,35-38,40-45,57H,14-22,24-25,27,29-30H2,1-13H3. The molecule has 3 fully saturated rings. The van der Waals surface area contributed by atoms with Crippen LogP contribution < -0.4 is 0 Å². The van der Waals surface area contributed by atoms with Gasteiger partial charge in [-0.3, -0.25) is 14.4 Å². The van der Waals surface area contributed by atoms with Crippen molar-refractivity contribution in [1.29, 1.82) is 0 Å². The van der Waals surface area contributed by atoms with Gasteiger partial charge in [-0.05, 0) is 126 Å². The number of Topliss-reactive ketones (excluding diaryl/α,β-unsaturated/α-hetero) is 2. The van der Waals surface area contributed by atoms with Crippen LogP contribution in [0.3, 0.4) is 0 Å². The minimum Gasteiger partial charge on any atom is -0.456 e. The Balaban J connectivity index is 1.72. The summed E-state index contributed by atoms with van der Waals surface area (Å²) in [5.41, 5.74) is 1.89. The maximum Gasteiger partial charge on any atom is 0.329 e. The SMILES string of the molecule is CCC1C=C(C)CC(C)CC(OC)C2OC(O)(C(=O)C(=O)N3CCCCC3C(=O)OC(C(C)=CC3CCC(O[Si](C)(C)C(C)(C)C)C(OCC=O)C3)C(C)CCC1=O)C(C)CC2OC. The van der Waals surface area contributed by atoms with E-state index in [1.165, 1.54) is 4.90 Å². The number of aldehydes is 1. The number of nitrogens with zero attached hydrogens (tertiary/aromatic N) is 1. The number of piperidine rings is 1. The minimum absolute atomic E-state index is 0.000436. The average molecular weight is 918 g/mol. The van der Waals surface area contributed by atoms with Gasteiger partial charge in [0.1, 0.15) is 36.9 Å². The third-order valence-corrected chi connectivity index (χ3v) is 19.6. The number of rotatable bonds is 10. The van der Waals surface area contributed by atoms with Crippen molar-refractivity contribution < 1.29 is 57.2 Å². The van der Waals surface area contributed by atoms with Gasteiger partial charge in [0.25, 0.3) is 11.7 Å². The monoisotopic (exact) mass is 918 g/mol. The Labute approximate surface area is 385 Å². The second-order valence-electron chi connectivity index (χ2n) is 21.2. The van der Waals surface area contributed by atoms with E-state index < -0.39 is 68.1 Å². The number of carbonyl (C=O) groups excluding carboxylic acids is 5. The Kier molecular flexibility index (Phi) is 19.8.